The minimum absolute atomic E-state index is 0.124. The fourth-order valence-corrected chi connectivity index (χ4v) is 2.24. The Morgan fingerprint density at radius 3 is 2.58 bits per heavy atom. The Kier molecular flexibility index (Phi) is 3.23. The fourth-order valence-electron chi connectivity index (χ4n) is 2.24. The van der Waals surface area contributed by atoms with Crippen LogP contribution in [0.5, 0.6) is 0 Å². The minimum Gasteiger partial charge on any atom is -0.310 e. The summed E-state index contributed by atoms with van der Waals surface area (Å²) in [7, 11) is 0. The number of nitrogens with zero attached hydrogens (tertiary/aromatic N) is 2. The van der Waals surface area contributed by atoms with E-state index in [-0.39, 0.29) is 17.6 Å². The van der Waals surface area contributed by atoms with E-state index in [1.807, 2.05) is 0 Å². The summed E-state index contributed by atoms with van der Waals surface area (Å²) in [4.78, 5) is 13.0. The normalized spacial score (nSPS) is 19.6. The van der Waals surface area contributed by atoms with Crippen LogP contribution in [0.4, 0.5) is 18.9 Å². The average Bonchev–Trinajstić information content (AvgIpc) is 2.67. The number of halogens is 3. The summed E-state index contributed by atoms with van der Waals surface area (Å²) in [5.74, 6) is -0.190. The summed E-state index contributed by atoms with van der Waals surface area (Å²) in [6, 6.07) is 4.76. The molecule has 1 atom stereocenters. The van der Waals surface area contributed by atoms with Gasteiger partial charge in [-0.2, -0.15) is 18.4 Å². The van der Waals surface area contributed by atoms with E-state index in [9.17, 15) is 18.0 Å². The molecule has 19 heavy (non-hydrogen) atoms. The van der Waals surface area contributed by atoms with E-state index >= 15 is 0 Å². The molecule has 0 unspecified atom stereocenters. The number of carbonyl (C=O) groups excluding carboxylic acids is 1. The summed E-state index contributed by atoms with van der Waals surface area (Å²) in [5, 5.41) is 8.71. The van der Waals surface area contributed by atoms with Gasteiger partial charge in [0.2, 0.25) is 5.91 Å². The molecule has 1 fully saturated rings. The number of alkyl halides is 3. The number of amides is 1. The van der Waals surface area contributed by atoms with E-state index in [4.69, 9.17) is 5.26 Å². The van der Waals surface area contributed by atoms with Crippen molar-refractivity contribution in [2.45, 2.75) is 32.0 Å². The predicted molar refractivity (Wildman–Crippen MR) is 62.3 cm³/mol. The SMILES string of the molecule is C[C@H]1CCC(=O)N1c1ccc(C#N)c(C(F)(F)F)c1. The largest absolute Gasteiger partial charge is 0.417 e. The molecule has 2 rings (SSSR count). The Bertz CT molecular complexity index is 560. The highest BCUT2D eigenvalue weighted by molar-refractivity contribution is 5.96. The molecule has 1 saturated heterocycles. The lowest BCUT2D eigenvalue weighted by Crippen LogP contribution is -2.30. The number of rotatable bonds is 1. The highest BCUT2D eigenvalue weighted by Gasteiger charge is 2.36. The molecule has 0 aliphatic carbocycles. The molecule has 3 nitrogen and oxygen atoms in total. The van der Waals surface area contributed by atoms with Crippen molar-refractivity contribution in [3.05, 3.63) is 29.3 Å². The van der Waals surface area contributed by atoms with Crippen LogP contribution in [0.2, 0.25) is 0 Å². The lowest BCUT2D eigenvalue weighted by molar-refractivity contribution is -0.137. The van der Waals surface area contributed by atoms with E-state index in [1.54, 1.807) is 6.92 Å². The van der Waals surface area contributed by atoms with Crippen LogP contribution >= 0.6 is 0 Å². The Labute approximate surface area is 108 Å². The first-order chi connectivity index (χ1) is 8.84. The second-order valence-electron chi connectivity index (χ2n) is 4.49. The number of benzene rings is 1. The zero-order valence-corrected chi connectivity index (χ0v) is 10.2. The monoisotopic (exact) mass is 268 g/mol. The number of hydrogen-bond acceptors (Lipinski definition) is 2. The maximum Gasteiger partial charge on any atom is 0.417 e. The molecule has 0 saturated carbocycles. The van der Waals surface area contributed by atoms with Gasteiger partial charge in [-0.1, -0.05) is 0 Å². The zero-order chi connectivity index (χ0) is 14.2. The molecule has 0 aromatic heterocycles. The molecule has 1 aliphatic rings. The maximum atomic E-state index is 12.8. The quantitative estimate of drug-likeness (QED) is 0.785. The number of anilines is 1. The van der Waals surface area contributed by atoms with Gasteiger partial charge in [-0.3, -0.25) is 4.79 Å². The molecule has 0 bridgehead atoms. The first-order valence-corrected chi connectivity index (χ1v) is 5.78. The standard InChI is InChI=1S/C13H11F3N2O/c1-8-2-5-12(19)18(8)10-4-3-9(7-17)11(6-10)13(14,15)16/h3-4,6,8H,2,5H2,1H3/t8-/m0/s1. The van der Waals surface area contributed by atoms with Gasteiger partial charge in [0, 0.05) is 18.2 Å². The number of hydrogen-bond donors (Lipinski definition) is 0. The van der Waals surface area contributed by atoms with Crippen LogP contribution in [0.15, 0.2) is 18.2 Å². The first-order valence-electron chi connectivity index (χ1n) is 5.78. The van der Waals surface area contributed by atoms with Gasteiger partial charge < -0.3 is 4.90 Å². The van der Waals surface area contributed by atoms with Crippen LogP contribution < -0.4 is 4.90 Å². The summed E-state index contributed by atoms with van der Waals surface area (Å²) in [6.07, 6.45) is -3.64. The molecule has 1 aromatic carbocycles. The second-order valence-corrected chi connectivity index (χ2v) is 4.49. The van der Waals surface area contributed by atoms with Crippen LogP contribution in [0.3, 0.4) is 0 Å². The average molecular weight is 268 g/mol. The zero-order valence-electron chi connectivity index (χ0n) is 10.2. The van der Waals surface area contributed by atoms with Crippen molar-refractivity contribution in [2.24, 2.45) is 0 Å². The maximum absolute atomic E-state index is 12.8. The third kappa shape index (κ3) is 2.41. The first kappa shape index (κ1) is 13.4. The van der Waals surface area contributed by atoms with E-state index < -0.39 is 17.3 Å². The Morgan fingerprint density at radius 2 is 2.11 bits per heavy atom. The van der Waals surface area contributed by atoms with E-state index in [2.05, 4.69) is 0 Å². The molecule has 0 spiro atoms. The topological polar surface area (TPSA) is 44.1 Å². The third-order valence-electron chi connectivity index (χ3n) is 3.19. The van der Waals surface area contributed by atoms with Gasteiger partial charge in [0.05, 0.1) is 17.2 Å². The number of carbonyl (C=O) groups is 1. The van der Waals surface area contributed by atoms with Gasteiger partial charge in [-0.25, -0.2) is 0 Å². The van der Waals surface area contributed by atoms with Gasteiger partial charge in [-0.05, 0) is 31.5 Å². The molecule has 1 amide bonds. The van der Waals surface area contributed by atoms with Crippen molar-refractivity contribution < 1.29 is 18.0 Å². The molecular formula is C13H11F3N2O. The van der Waals surface area contributed by atoms with Crippen molar-refractivity contribution in [3.63, 3.8) is 0 Å². The lowest BCUT2D eigenvalue weighted by atomic mass is 10.1. The molecule has 0 radical (unpaired) electrons. The molecule has 6 heteroatoms. The van der Waals surface area contributed by atoms with Gasteiger partial charge in [0.15, 0.2) is 0 Å². The van der Waals surface area contributed by atoms with Crippen LogP contribution in [-0.2, 0) is 11.0 Å². The van der Waals surface area contributed by atoms with Crippen molar-refractivity contribution in [2.75, 3.05) is 4.90 Å². The van der Waals surface area contributed by atoms with E-state index in [0.29, 0.717) is 12.8 Å². The van der Waals surface area contributed by atoms with Crippen LogP contribution in [0.25, 0.3) is 0 Å². The van der Waals surface area contributed by atoms with E-state index in [0.717, 1.165) is 12.1 Å². The minimum atomic E-state index is -4.60. The van der Waals surface area contributed by atoms with Gasteiger partial charge in [-0.15, -0.1) is 0 Å². The highest BCUT2D eigenvalue weighted by Crippen LogP contribution is 2.36. The molecular weight excluding hydrogens is 257 g/mol. The number of nitriles is 1. The molecule has 100 valence electrons. The highest BCUT2D eigenvalue weighted by atomic mass is 19.4. The van der Waals surface area contributed by atoms with Crippen LogP contribution in [0, 0.1) is 11.3 Å². The third-order valence-corrected chi connectivity index (χ3v) is 3.19. The lowest BCUT2D eigenvalue weighted by Gasteiger charge is -2.23. The Balaban J connectivity index is 2.50. The summed E-state index contributed by atoms with van der Waals surface area (Å²) in [6.45, 7) is 1.79. The van der Waals surface area contributed by atoms with Gasteiger partial charge in [0.25, 0.3) is 0 Å². The van der Waals surface area contributed by atoms with Crippen molar-refractivity contribution >= 4 is 11.6 Å². The Morgan fingerprint density at radius 1 is 1.42 bits per heavy atom. The summed E-state index contributed by atoms with van der Waals surface area (Å²) in [5.41, 5.74) is -1.24. The van der Waals surface area contributed by atoms with E-state index in [1.165, 1.54) is 17.0 Å². The van der Waals surface area contributed by atoms with Gasteiger partial charge >= 0.3 is 6.18 Å². The molecule has 1 aliphatic heterocycles. The second kappa shape index (κ2) is 4.57. The van der Waals surface area contributed by atoms with Crippen molar-refractivity contribution in [1.29, 1.82) is 5.26 Å². The smallest absolute Gasteiger partial charge is 0.310 e. The molecule has 1 heterocycles. The Hall–Kier alpha value is -2.03. The van der Waals surface area contributed by atoms with Crippen molar-refractivity contribution in [3.8, 4) is 6.07 Å². The molecule has 0 N–H and O–H groups in total. The summed E-state index contributed by atoms with van der Waals surface area (Å²) < 4.78 is 38.5. The summed E-state index contributed by atoms with van der Waals surface area (Å²) >= 11 is 0. The molecule has 1 aromatic rings. The van der Waals surface area contributed by atoms with Gasteiger partial charge in [0.1, 0.15) is 0 Å². The van der Waals surface area contributed by atoms with Crippen molar-refractivity contribution in [1.82, 2.24) is 0 Å². The fraction of sp³-hybridized carbons (Fsp3) is 0.385. The van der Waals surface area contributed by atoms with Crippen LogP contribution in [-0.4, -0.2) is 11.9 Å². The van der Waals surface area contributed by atoms with Crippen LogP contribution in [0.1, 0.15) is 30.9 Å². The predicted octanol–water partition coefficient (Wildman–Crippen LogP) is 3.09.